The third-order valence-electron chi connectivity index (χ3n) is 4.64. The summed E-state index contributed by atoms with van der Waals surface area (Å²) in [5.74, 6) is 1.01. The molecule has 0 aromatic carbocycles. The van der Waals surface area contributed by atoms with E-state index in [-0.39, 0.29) is 0 Å². The van der Waals surface area contributed by atoms with Crippen LogP contribution < -0.4 is 5.32 Å². The number of hydrogen-bond donors (Lipinski definition) is 1. The molecule has 2 rings (SSSR count). The predicted molar refractivity (Wildman–Crippen MR) is 56.8 cm³/mol. The molecule has 0 amide bonds. The monoisotopic (exact) mass is 181 g/mol. The van der Waals surface area contributed by atoms with Crippen LogP contribution >= 0.6 is 0 Å². The van der Waals surface area contributed by atoms with Crippen LogP contribution in [-0.4, -0.2) is 12.6 Å². The Labute approximate surface area is 82.3 Å². The van der Waals surface area contributed by atoms with Crippen molar-refractivity contribution < 1.29 is 0 Å². The van der Waals surface area contributed by atoms with Gasteiger partial charge in [0, 0.05) is 6.04 Å². The third kappa shape index (κ3) is 1.63. The summed E-state index contributed by atoms with van der Waals surface area (Å²) in [7, 11) is 0. The van der Waals surface area contributed by atoms with Crippen molar-refractivity contribution in [1.82, 2.24) is 5.32 Å². The Kier molecular flexibility index (Phi) is 2.64. The van der Waals surface area contributed by atoms with Gasteiger partial charge in [-0.25, -0.2) is 0 Å². The highest BCUT2D eigenvalue weighted by atomic mass is 15.0. The molecule has 1 heterocycles. The maximum atomic E-state index is 3.61. The van der Waals surface area contributed by atoms with Crippen LogP contribution in [0.3, 0.4) is 0 Å². The fourth-order valence-electron chi connectivity index (χ4n) is 3.33. The van der Waals surface area contributed by atoms with E-state index in [4.69, 9.17) is 0 Å². The normalized spacial score (nSPS) is 42.5. The molecule has 0 radical (unpaired) electrons. The third-order valence-corrected chi connectivity index (χ3v) is 4.64. The van der Waals surface area contributed by atoms with E-state index < -0.39 is 0 Å². The van der Waals surface area contributed by atoms with Crippen molar-refractivity contribution >= 4 is 0 Å². The predicted octanol–water partition coefficient (Wildman–Crippen LogP) is 2.95. The van der Waals surface area contributed by atoms with Crippen LogP contribution in [0, 0.1) is 11.3 Å². The molecule has 2 aliphatic rings. The van der Waals surface area contributed by atoms with E-state index in [0.29, 0.717) is 5.41 Å². The van der Waals surface area contributed by atoms with Crippen LogP contribution in [-0.2, 0) is 0 Å². The molecule has 2 fully saturated rings. The summed E-state index contributed by atoms with van der Waals surface area (Å²) in [4.78, 5) is 0. The molecule has 76 valence electrons. The first kappa shape index (κ1) is 9.51. The largest absolute Gasteiger partial charge is 0.314 e. The van der Waals surface area contributed by atoms with Crippen LogP contribution in [0.25, 0.3) is 0 Å². The molecule has 1 saturated carbocycles. The SMILES string of the molecule is CC1NCCC1(C)C1CCCCC1. The molecule has 1 N–H and O–H groups in total. The lowest BCUT2D eigenvalue weighted by atomic mass is 9.66. The second-order valence-electron chi connectivity index (χ2n) is 5.27. The molecule has 1 heteroatoms. The van der Waals surface area contributed by atoms with E-state index in [2.05, 4.69) is 19.2 Å². The number of nitrogens with one attached hydrogen (secondary N) is 1. The van der Waals surface area contributed by atoms with Gasteiger partial charge in [-0.2, -0.15) is 0 Å². The Morgan fingerprint density at radius 2 is 1.85 bits per heavy atom. The lowest BCUT2D eigenvalue weighted by molar-refractivity contribution is 0.126. The fraction of sp³-hybridized carbons (Fsp3) is 1.00. The van der Waals surface area contributed by atoms with E-state index in [1.54, 1.807) is 0 Å². The van der Waals surface area contributed by atoms with Crippen molar-refractivity contribution in [3.8, 4) is 0 Å². The summed E-state index contributed by atoms with van der Waals surface area (Å²) in [5, 5.41) is 3.61. The van der Waals surface area contributed by atoms with E-state index in [1.807, 2.05) is 0 Å². The maximum absolute atomic E-state index is 3.61. The molecule has 1 saturated heterocycles. The van der Waals surface area contributed by atoms with E-state index >= 15 is 0 Å². The van der Waals surface area contributed by atoms with E-state index in [0.717, 1.165) is 12.0 Å². The molecule has 1 aliphatic carbocycles. The van der Waals surface area contributed by atoms with Gasteiger partial charge >= 0.3 is 0 Å². The molecule has 1 aliphatic heterocycles. The average Bonchev–Trinajstić information content (AvgIpc) is 2.50. The van der Waals surface area contributed by atoms with E-state index in [9.17, 15) is 0 Å². The summed E-state index contributed by atoms with van der Waals surface area (Å²) in [6.07, 6.45) is 8.82. The Morgan fingerprint density at radius 3 is 2.38 bits per heavy atom. The van der Waals surface area contributed by atoms with Gasteiger partial charge in [0.15, 0.2) is 0 Å². The minimum absolute atomic E-state index is 0.612. The Bertz CT molecular complexity index is 172. The summed E-state index contributed by atoms with van der Waals surface area (Å²) in [5.41, 5.74) is 0.612. The minimum atomic E-state index is 0.612. The zero-order valence-corrected chi connectivity index (χ0v) is 9.10. The topological polar surface area (TPSA) is 12.0 Å². The molecule has 2 unspecified atom stereocenters. The van der Waals surface area contributed by atoms with Gasteiger partial charge in [-0.15, -0.1) is 0 Å². The highest BCUT2D eigenvalue weighted by Gasteiger charge is 2.42. The molecule has 0 spiro atoms. The van der Waals surface area contributed by atoms with Crippen molar-refractivity contribution in [2.45, 2.75) is 58.4 Å². The standard InChI is InChI=1S/C12H23N/c1-10-12(2,8-9-13-10)11-6-4-3-5-7-11/h10-11,13H,3-9H2,1-2H3. The minimum Gasteiger partial charge on any atom is -0.314 e. The number of hydrogen-bond acceptors (Lipinski definition) is 1. The Morgan fingerprint density at radius 1 is 1.15 bits per heavy atom. The smallest absolute Gasteiger partial charge is 0.00956 e. The van der Waals surface area contributed by atoms with Crippen molar-refractivity contribution in [3.63, 3.8) is 0 Å². The van der Waals surface area contributed by atoms with Crippen molar-refractivity contribution in [2.24, 2.45) is 11.3 Å². The molecule has 0 bridgehead atoms. The summed E-state index contributed by atoms with van der Waals surface area (Å²) >= 11 is 0. The fourth-order valence-corrected chi connectivity index (χ4v) is 3.33. The van der Waals surface area contributed by atoms with Gasteiger partial charge in [0.25, 0.3) is 0 Å². The molecular formula is C12H23N. The van der Waals surface area contributed by atoms with Crippen molar-refractivity contribution in [3.05, 3.63) is 0 Å². The first-order valence-electron chi connectivity index (χ1n) is 5.97. The summed E-state index contributed by atoms with van der Waals surface area (Å²) in [6, 6.07) is 0.746. The summed E-state index contributed by atoms with van der Waals surface area (Å²) < 4.78 is 0. The van der Waals surface area contributed by atoms with Gasteiger partial charge in [-0.1, -0.05) is 26.2 Å². The Balaban J connectivity index is 2.03. The first-order valence-corrected chi connectivity index (χ1v) is 5.97. The molecular weight excluding hydrogens is 158 g/mol. The van der Waals surface area contributed by atoms with Crippen molar-refractivity contribution in [1.29, 1.82) is 0 Å². The molecule has 2 atom stereocenters. The summed E-state index contributed by atoms with van der Waals surface area (Å²) in [6.45, 7) is 6.13. The quantitative estimate of drug-likeness (QED) is 0.656. The first-order chi connectivity index (χ1) is 6.23. The maximum Gasteiger partial charge on any atom is 0.00956 e. The van der Waals surface area contributed by atoms with Gasteiger partial charge in [-0.3, -0.25) is 0 Å². The molecule has 0 aromatic rings. The highest BCUT2D eigenvalue weighted by molar-refractivity contribution is 4.96. The van der Waals surface area contributed by atoms with Gasteiger partial charge < -0.3 is 5.32 Å². The van der Waals surface area contributed by atoms with Crippen LogP contribution in [0.15, 0.2) is 0 Å². The van der Waals surface area contributed by atoms with Gasteiger partial charge in [-0.05, 0) is 44.1 Å². The molecule has 1 nitrogen and oxygen atoms in total. The van der Waals surface area contributed by atoms with Crippen LogP contribution in [0.2, 0.25) is 0 Å². The van der Waals surface area contributed by atoms with Gasteiger partial charge in [0.2, 0.25) is 0 Å². The van der Waals surface area contributed by atoms with E-state index in [1.165, 1.54) is 45.1 Å². The van der Waals surface area contributed by atoms with Crippen molar-refractivity contribution in [2.75, 3.05) is 6.54 Å². The Hall–Kier alpha value is -0.0400. The molecule has 13 heavy (non-hydrogen) atoms. The van der Waals surface area contributed by atoms with Crippen LogP contribution in [0.5, 0.6) is 0 Å². The van der Waals surface area contributed by atoms with Crippen LogP contribution in [0.4, 0.5) is 0 Å². The van der Waals surface area contributed by atoms with Crippen LogP contribution in [0.1, 0.15) is 52.4 Å². The zero-order valence-electron chi connectivity index (χ0n) is 9.10. The van der Waals surface area contributed by atoms with Gasteiger partial charge in [0.1, 0.15) is 0 Å². The lowest BCUT2D eigenvalue weighted by Gasteiger charge is -2.39. The molecule has 0 aromatic heterocycles. The average molecular weight is 181 g/mol. The highest BCUT2D eigenvalue weighted by Crippen LogP contribution is 2.45. The number of rotatable bonds is 1. The second kappa shape index (κ2) is 3.61. The zero-order chi connectivity index (χ0) is 9.31. The lowest BCUT2D eigenvalue weighted by Crippen LogP contribution is -2.38. The van der Waals surface area contributed by atoms with Gasteiger partial charge in [0.05, 0.1) is 0 Å². The second-order valence-corrected chi connectivity index (χ2v) is 5.27.